The Hall–Kier alpha value is -3.28. The molecule has 0 saturated heterocycles. The van der Waals surface area contributed by atoms with Crippen molar-refractivity contribution in [1.82, 2.24) is 0 Å². The molecule has 0 bridgehead atoms. The summed E-state index contributed by atoms with van der Waals surface area (Å²) < 4.78 is 5.62. The third kappa shape index (κ3) is 2.07. The minimum absolute atomic E-state index is 0.0495. The first-order valence-corrected chi connectivity index (χ1v) is 6.37. The van der Waals surface area contributed by atoms with E-state index in [1.54, 1.807) is 18.2 Å². The molecule has 0 aliphatic heterocycles. The van der Waals surface area contributed by atoms with E-state index in [1.165, 1.54) is 24.3 Å². The predicted molar refractivity (Wildman–Crippen MR) is 79.8 cm³/mol. The Morgan fingerprint density at radius 3 is 2.45 bits per heavy atom. The summed E-state index contributed by atoms with van der Waals surface area (Å²) in [6.07, 6.45) is 0. The van der Waals surface area contributed by atoms with Crippen molar-refractivity contribution in [3.8, 4) is 22.8 Å². The first kappa shape index (κ1) is 13.7. The van der Waals surface area contributed by atoms with Crippen LogP contribution in [0.2, 0.25) is 0 Å². The molecule has 110 valence electrons. The molecule has 0 saturated carbocycles. The average molecular weight is 297 g/mol. The van der Waals surface area contributed by atoms with Crippen molar-refractivity contribution in [1.29, 1.82) is 0 Å². The van der Waals surface area contributed by atoms with Crippen LogP contribution in [0, 0.1) is 0 Å². The number of carbonyl (C=O) groups excluding carboxylic acids is 1. The second-order valence-electron chi connectivity index (χ2n) is 4.70. The number of nitrogens with two attached hydrogens (primary N) is 1. The van der Waals surface area contributed by atoms with Crippen molar-refractivity contribution >= 4 is 16.9 Å². The van der Waals surface area contributed by atoms with Crippen molar-refractivity contribution in [2.75, 3.05) is 0 Å². The third-order valence-corrected chi connectivity index (χ3v) is 3.28. The Bertz CT molecular complexity index is 958. The van der Waals surface area contributed by atoms with Crippen molar-refractivity contribution in [2.45, 2.75) is 0 Å². The minimum Gasteiger partial charge on any atom is -0.504 e. The number of para-hydroxylation sites is 1. The summed E-state index contributed by atoms with van der Waals surface area (Å²) in [4.78, 5) is 24.1. The molecule has 22 heavy (non-hydrogen) atoms. The number of hydrogen-bond donors (Lipinski definition) is 3. The number of primary amides is 1. The normalized spacial score (nSPS) is 10.7. The lowest BCUT2D eigenvalue weighted by Crippen LogP contribution is -2.23. The van der Waals surface area contributed by atoms with E-state index in [0.29, 0.717) is 5.58 Å². The first-order chi connectivity index (χ1) is 10.5. The SMILES string of the molecule is NC(=O)c1c(-c2ccc(O)c(O)c2)oc2ccccc2c1=O. The van der Waals surface area contributed by atoms with Gasteiger partial charge in [0.2, 0.25) is 5.43 Å². The van der Waals surface area contributed by atoms with Gasteiger partial charge in [0.05, 0.1) is 5.39 Å². The van der Waals surface area contributed by atoms with Gasteiger partial charge in [-0.25, -0.2) is 0 Å². The first-order valence-electron chi connectivity index (χ1n) is 6.37. The molecule has 2 aromatic carbocycles. The number of amides is 1. The number of hydrogen-bond acceptors (Lipinski definition) is 5. The standard InChI is InChI=1S/C16H11NO5/c17-16(21)13-14(20)9-3-1-2-4-12(9)22-15(13)8-5-6-10(18)11(19)7-8/h1-7,18-19H,(H2,17,21). The summed E-state index contributed by atoms with van der Waals surface area (Å²) >= 11 is 0. The molecule has 6 heteroatoms. The number of aromatic hydroxyl groups is 2. The molecule has 0 aliphatic rings. The van der Waals surface area contributed by atoms with Gasteiger partial charge in [-0.2, -0.15) is 0 Å². The fourth-order valence-corrected chi connectivity index (χ4v) is 2.23. The molecule has 1 aromatic heterocycles. The van der Waals surface area contributed by atoms with E-state index in [1.807, 2.05) is 0 Å². The van der Waals surface area contributed by atoms with E-state index < -0.39 is 17.1 Å². The zero-order valence-electron chi connectivity index (χ0n) is 11.2. The van der Waals surface area contributed by atoms with Gasteiger partial charge in [-0.3, -0.25) is 9.59 Å². The summed E-state index contributed by atoms with van der Waals surface area (Å²) in [6, 6.07) is 10.3. The molecule has 3 rings (SSSR count). The van der Waals surface area contributed by atoms with Gasteiger partial charge in [-0.15, -0.1) is 0 Å². The Morgan fingerprint density at radius 2 is 1.77 bits per heavy atom. The highest BCUT2D eigenvalue weighted by atomic mass is 16.3. The Kier molecular flexibility index (Phi) is 3.06. The lowest BCUT2D eigenvalue weighted by molar-refractivity contribution is 0.0998. The van der Waals surface area contributed by atoms with E-state index in [2.05, 4.69) is 0 Å². The topological polar surface area (TPSA) is 114 Å². The lowest BCUT2D eigenvalue weighted by atomic mass is 10.0. The average Bonchev–Trinajstić information content (AvgIpc) is 2.49. The van der Waals surface area contributed by atoms with Crippen LogP contribution in [0.15, 0.2) is 51.7 Å². The molecular weight excluding hydrogens is 286 g/mol. The summed E-state index contributed by atoms with van der Waals surface area (Å²) in [5.74, 6) is -1.70. The van der Waals surface area contributed by atoms with Gasteiger partial charge in [0.1, 0.15) is 11.1 Å². The number of fused-ring (bicyclic) bond motifs is 1. The number of phenolic OH excluding ortho intramolecular Hbond substituents is 2. The number of benzene rings is 2. The molecule has 0 aliphatic carbocycles. The van der Waals surface area contributed by atoms with Gasteiger partial charge >= 0.3 is 0 Å². The Morgan fingerprint density at radius 1 is 1.05 bits per heavy atom. The number of rotatable bonds is 2. The van der Waals surface area contributed by atoms with E-state index in [0.717, 1.165) is 0 Å². The molecular formula is C16H11NO5. The predicted octanol–water partition coefficient (Wildman–Crippen LogP) is 1.97. The van der Waals surface area contributed by atoms with Crippen LogP contribution in [0.1, 0.15) is 10.4 Å². The maximum absolute atomic E-state index is 12.4. The van der Waals surface area contributed by atoms with Crippen molar-refractivity contribution in [3.05, 3.63) is 58.3 Å². The van der Waals surface area contributed by atoms with Crippen LogP contribution in [-0.2, 0) is 0 Å². The van der Waals surface area contributed by atoms with E-state index in [9.17, 15) is 19.8 Å². The van der Waals surface area contributed by atoms with Crippen LogP contribution in [0.4, 0.5) is 0 Å². The molecule has 0 radical (unpaired) electrons. The third-order valence-electron chi connectivity index (χ3n) is 3.28. The van der Waals surface area contributed by atoms with Gasteiger partial charge in [0.15, 0.2) is 17.3 Å². The molecule has 3 aromatic rings. The van der Waals surface area contributed by atoms with Crippen molar-refractivity contribution in [3.63, 3.8) is 0 Å². The second kappa shape index (κ2) is 4.92. The molecule has 6 nitrogen and oxygen atoms in total. The summed E-state index contributed by atoms with van der Waals surface area (Å²) in [5.41, 5.74) is 5.00. The quantitative estimate of drug-likeness (QED) is 0.626. The van der Waals surface area contributed by atoms with Gasteiger partial charge in [-0.05, 0) is 30.3 Å². The molecule has 0 atom stereocenters. The molecule has 0 unspecified atom stereocenters. The molecule has 0 fully saturated rings. The molecule has 4 N–H and O–H groups in total. The number of carbonyl (C=O) groups is 1. The summed E-state index contributed by atoms with van der Waals surface area (Å²) in [5, 5.41) is 19.2. The van der Waals surface area contributed by atoms with Gasteiger partial charge < -0.3 is 20.4 Å². The maximum atomic E-state index is 12.4. The lowest BCUT2D eigenvalue weighted by Gasteiger charge is -2.08. The monoisotopic (exact) mass is 297 g/mol. The van der Waals surface area contributed by atoms with Crippen LogP contribution in [0.5, 0.6) is 11.5 Å². The summed E-state index contributed by atoms with van der Waals surface area (Å²) in [7, 11) is 0. The molecule has 1 heterocycles. The van der Waals surface area contributed by atoms with Crippen LogP contribution in [-0.4, -0.2) is 16.1 Å². The highest BCUT2D eigenvalue weighted by Crippen LogP contribution is 2.32. The Labute approximate surface area is 124 Å². The van der Waals surface area contributed by atoms with Crippen molar-refractivity contribution in [2.24, 2.45) is 5.73 Å². The fourth-order valence-electron chi connectivity index (χ4n) is 2.23. The van der Waals surface area contributed by atoms with E-state index in [4.69, 9.17) is 10.2 Å². The van der Waals surface area contributed by atoms with Gasteiger partial charge in [-0.1, -0.05) is 12.1 Å². The van der Waals surface area contributed by atoms with Crippen LogP contribution in [0.3, 0.4) is 0 Å². The van der Waals surface area contributed by atoms with Crippen molar-refractivity contribution < 1.29 is 19.4 Å². The minimum atomic E-state index is -0.929. The van der Waals surface area contributed by atoms with Crippen LogP contribution in [0.25, 0.3) is 22.3 Å². The largest absolute Gasteiger partial charge is 0.504 e. The van der Waals surface area contributed by atoms with E-state index >= 15 is 0 Å². The Balaban J connectivity index is 2.41. The molecule has 0 spiro atoms. The highest BCUT2D eigenvalue weighted by Gasteiger charge is 2.20. The summed E-state index contributed by atoms with van der Waals surface area (Å²) in [6.45, 7) is 0. The smallest absolute Gasteiger partial charge is 0.256 e. The van der Waals surface area contributed by atoms with E-state index in [-0.39, 0.29) is 28.0 Å². The van der Waals surface area contributed by atoms with Gasteiger partial charge in [0.25, 0.3) is 5.91 Å². The molecule has 1 amide bonds. The maximum Gasteiger partial charge on any atom is 0.256 e. The second-order valence-corrected chi connectivity index (χ2v) is 4.70. The highest BCUT2D eigenvalue weighted by molar-refractivity contribution is 6.01. The zero-order chi connectivity index (χ0) is 15.9. The van der Waals surface area contributed by atoms with Gasteiger partial charge in [0, 0.05) is 5.56 Å². The van der Waals surface area contributed by atoms with Crippen LogP contribution >= 0.6 is 0 Å². The zero-order valence-corrected chi connectivity index (χ0v) is 11.2. The van der Waals surface area contributed by atoms with Crippen LogP contribution < -0.4 is 11.2 Å². The number of phenols is 2. The fraction of sp³-hybridized carbons (Fsp3) is 0.